The molecule has 0 fully saturated rings. The van der Waals surface area contributed by atoms with Crippen LogP contribution >= 0.6 is 0 Å². The summed E-state index contributed by atoms with van der Waals surface area (Å²) in [6, 6.07) is -0.149. The Morgan fingerprint density at radius 3 is 2.54 bits per heavy atom. The summed E-state index contributed by atoms with van der Waals surface area (Å²) in [5.74, 6) is -2.31. The summed E-state index contributed by atoms with van der Waals surface area (Å²) >= 11 is 0. The third-order valence-corrected chi connectivity index (χ3v) is 3.95. The Hall–Kier alpha value is -1.24. The molecule has 2 atom stereocenters. The quantitative estimate of drug-likeness (QED) is 0.0531. The van der Waals surface area contributed by atoms with E-state index in [1.807, 2.05) is 0 Å². The molecule has 0 saturated carbocycles. The first kappa shape index (κ1) is 22.8. The molecule has 24 heavy (non-hydrogen) atoms. The molecule has 2 radical (unpaired) electrons. The molecule has 0 amide bonds. The lowest BCUT2D eigenvalue weighted by Gasteiger charge is -2.17. The van der Waals surface area contributed by atoms with Crippen LogP contribution in [-0.2, 0) is 9.53 Å². The first-order valence-electron chi connectivity index (χ1n) is 7.69. The highest BCUT2D eigenvalue weighted by Crippen LogP contribution is 1.99. The van der Waals surface area contributed by atoms with E-state index >= 15 is 0 Å². The van der Waals surface area contributed by atoms with Gasteiger partial charge in [0.2, 0.25) is 0 Å². The molecule has 10 nitrogen and oxygen atoms in total. The number of aliphatic hydroxyl groups is 3. The fourth-order valence-electron chi connectivity index (χ4n) is 1.78. The van der Waals surface area contributed by atoms with Crippen LogP contribution in [-0.4, -0.2) is 86.2 Å². The summed E-state index contributed by atoms with van der Waals surface area (Å²) in [4.78, 5) is 14.9. The molecule has 0 bridgehead atoms. The minimum atomic E-state index is -1.28. The fourth-order valence-corrected chi connectivity index (χ4v) is 2.39. The topological polar surface area (TPSA) is 184 Å². The number of carboxylic acid groups (broad SMARTS) is 1. The number of nitrogens with zero attached hydrogens (tertiary/aromatic N) is 1. The molecule has 0 aromatic rings. The van der Waals surface area contributed by atoms with E-state index in [4.69, 9.17) is 31.5 Å². The van der Waals surface area contributed by atoms with Gasteiger partial charge in [-0.1, -0.05) is 6.04 Å². The van der Waals surface area contributed by atoms with E-state index in [9.17, 15) is 9.90 Å². The van der Waals surface area contributed by atoms with Gasteiger partial charge < -0.3 is 41.9 Å². The van der Waals surface area contributed by atoms with Gasteiger partial charge in [0.05, 0.1) is 12.7 Å². The van der Waals surface area contributed by atoms with Gasteiger partial charge in [-0.25, -0.2) is 0 Å². The van der Waals surface area contributed by atoms with Crippen molar-refractivity contribution in [3.63, 3.8) is 0 Å². The summed E-state index contributed by atoms with van der Waals surface area (Å²) in [6.07, 6.45) is 0.685. The van der Waals surface area contributed by atoms with Crippen molar-refractivity contribution in [3.05, 3.63) is 0 Å². The van der Waals surface area contributed by atoms with E-state index in [0.29, 0.717) is 38.5 Å². The van der Waals surface area contributed by atoms with Gasteiger partial charge >= 0.3 is 5.97 Å². The van der Waals surface area contributed by atoms with E-state index in [1.54, 1.807) is 0 Å². The maximum atomic E-state index is 11.1. The Morgan fingerprint density at radius 2 is 1.96 bits per heavy atom. The zero-order valence-electron chi connectivity index (χ0n) is 13.6. The van der Waals surface area contributed by atoms with Crippen molar-refractivity contribution in [2.75, 3.05) is 26.3 Å². The van der Waals surface area contributed by atoms with Gasteiger partial charge in [0.1, 0.15) is 21.5 Å². The number of aliphatic hydroxyl groups excluding tert-OH is 2. The van der Waals surface area contributed by atoms with Crippen LogP contribution in [0.5, 0.6) is 0 Å². The Labute approximate surface area is 143 Å². The second-order valence-corrected chi connectivity index (χ2v) is 6.58. The minimum absolute atomic E-state index is 0.0311. The number of aliphatic carboxylic acids is 1. The van der Waals surface area contributed by atoms with E-state index in [0.717, 1.165) is 0 Å². The van der Waals surface area contributed by atoms with Crippen LogP contribution in [0.1, 0.15) is 19.3 Å². The highest BCUT2D eigenvalue weighted by atomic mass is 28.2. The van der Waals surface area contributed by atoms with E-state index < -0.39 is 24.0 Å². The van der Waals surface area contributed by atoms with Crippen LogP contribution in [0.25, 0.3) is 0 Å². The molecular weight excluding hydrogens is 336 g/mol. The highest BCUT2D eigenvalue weighted by molar-refractivity contribution is 6.36. The van der Waals surface area contributed by atoms with Crippen LogP contribution in [0, 0.1) is 0 Å². The van der Waals surface area contributed by atoms with Gasteiger partial charge in [-0.15, -0.1) is 0 Å². The lowest BCUT2D eigenvalue weighted by molar-refractivity contribution is -0.139. The van der Waals surface area contributed by atoms with Gasteiger partial charge in [-0.2, -0.15) is 0 Å². The van der Waals surface area contributed by atoms with Crippen molar-refractivity contribution in [2.45, 2.75) is 43.4 Å². The number of guanidine groups is 1. The van der Waals surface area contributed by atoms with Crippen molar-refractivity contribution >= 4 is 21.4 Å². The third-order valence-electron chi connectivity index (χ3n) is 2.95. The maximum Gasteiger partial charge on any atom is 0.320 e. The molecule has 1 unspecified atom stereocenters. The normalized spacial score (nSPS) is 13.7. The number of hydrogen-bond acceptors (Lipinski definition) is 7. The number of ether oxygens (including phenoxy) is 1. The number of nitrogens with one attached hydrogen (secondary N) is 1. The van der Waals surface area contributed by atoms with Crippen molar-refractivity contribution in [1.29, 1.82) is 0 Å². The summed E-state index contributed by atoms with van der Waals surface area (Å²) in [5.41, 5.74) is 10.4. The molecule has 0 saturated heterocycles. The Kier molecular flexibility index (Phi) is 13.4. The number of hydrogen-bond donors (Lipinski definition) is 7. The van der Waals surface area contributed by atoms with Crippen molar-refractivity contribution in [3.8, 4) is 0 Å². The number of aliphatic imine (C=N–C) groups is 1. The van der Waals surface area contributed by atoms with Crippen molar-refractivity contribution < 1.29 is 30.0 Å². The predicted octanol–water partition coefficient (Wildman–Crippen LogP) is -2.76. The van der Waals surface area contributed by atoms with Crippen LogP contribution in [0.4, 0.5) is 0 Å². The summed E-state index contributed by atoms with van der Waals surface area (Å²) in [7, 11) is 0.0522. The number of nitrogens with two attached hydrogens (primary N) is 2. The zero-order valence-corrected chi connectivity index (χ0v) is 14.6. The summed E-state index contributed by atoms with van der Waals surface area (Å²) in [6.45, 7) is 0.925. The standard InChI is InChI=1S/C13H28N4O6Si/c14-12(15)16-4-1-3-10(11(19)20)17-7-9(18)8-23-5-2-6-24-13(21)22/h9-10,13,17-18,21-22H,1-8H2,(H,19,20)(H4,14,15,16)/t9?,10-/m0/s1. The molecule has 11 heteroatoms. The number of carbonyl (C=O) groups is 1. The smallest absolute Gasteiger partial charge is 0.320 e. The van der Waals surface area contributed by atoms with Gasteiger partial charge in [0, 0.05) is 19.7 Å². The number of rotatable bonds is 15. The van der Waals surface area contributed by atoms with E-state index in [1.165, 1.54) is 0 Å². The van der Waals surface area contributed by atoms with Crippen LogP contribution < -0.4 is 16.8 Å². The second-order valence-electron chi connectivity index (χ2n) is 5.16. The molecule has 0 aromatic heterocycles. The molecular formula is C13H28N4O6Si. The molecule has 0 aliphatic rings. The second kappa shape index (κ2) is 14.1. The maximum absolute atomic E-state index is 11.1. The number of carboxylic acids is 1. The van der Waals surface area contributed by atoms with Crippen molar-refractivity contribution in [1.82, 2.24) is 5.32 Å². The van der Waals surface area contributed by atoms with Crippen LogP contribution in [0.15, 0.2) is 4.99 Å². The minimum Gasteiger partial charge on any atom is -0.480 e. The Balaban J connectivity index is 3.79. The first-order chi connectivity index (χ1) is 11.3. The summed E-state index contributed by atoms with van der Waals surface area (Å²) < 4.78 is 5.25. The average molecular weight is 364 g/mol. The predicted molar refractivity (Wildman–Crippen MR) is 89.6 cm³/mol. The molecule has 0 rings (SSSR count). The van der Waals surface area contributed by atoms with Gasteiger partial charge in [-0.05, 0) is 19.3 Å². The van der Waals surface area contributed by atoms with Crippen LogP contribution in [0.2, 0.25) is 6.04 Å². The summed E-state index contributed by atoms with van der Waals surface area (Å²) in [5, 5.41) is 39.0. The first-order valence-corrected chi connectivity index (χ1v) is 8.98. The highest BCUT2D eigenvalue weighted by Gasteiger charge is 2.17. The molecule has 0 aliphatic carbocycles. The van der Waals surface area contributed by atoms with Crippen molar-refractivity contribution in [2.24, 2.45) is 16.5 Å². The Morgan fingerprint density at radius 1 is 1.25 bits per heavy atom. The average Bonchev–Trinajstić information content (AvgIpc) is 2.48. The largest absolute Gasteiger partial charge is 0.480 e. The van der Waals surface area contributed by atoms with Gasteiger partial charge in [-0.3, -0.25) is 9.79 Å². The lowest BCUT2D eigenvalue weighted by atomic mass is 10.1. The molecule has 140 valence electrons. The molecule has 0 heterocycles. The fraction of sp³-hybridized carbons (Fsp3) is 0.846. The van der Waals surface area contributed by atoms with Gasteiger partial charge in [0.25, 0.3) is 0 Å². The van der Waals surface area contributed by atoms with E-state index in [-0.39, 0.29) is 28.6 Å². The van der Waals surface area contributed by atoms with Crippen LogP contribution in [0.3, 0.4) is 0 Å². The molecule has 0 aromatic carbocycles. The molecule has 0 aliphatic heterocycles. The SMILES string of the molecule is NC(N)=NCCC[C@H](NCC(O)COCCC[Si]C(O)O)C(=O)O. The van der Waals surface area contributed by atoms with E-state index in [2.05, 4.69) is 10.3 Å². The lowest BCUT2D eigenvalue weighted by Crippen LogP contribution is -2.42. The zero-order chi connectivity index (χ0) is 18.4. The Bertz CT molecular complexity index is 368. The monoisotopic (exact) mass is 364 g/mol. The molecule has 9 N–H and O–H groups in total. The third kappa shape index (κ3) is 14.4. The molecule has 0 spiro atoms. The van der Waals surface area contributed by atoms with Gasteiger partial charge in [0.15, 0.2) is 5.96 Å².